The first-order valence-corrected chi connectivity index (χ1v) is 7.42. The summed E-state index contributed by atoms with van der Waals surface area (Å²) in [6.45, 7) is 12.2. The average molecular weight is 261 g/mol. The minimum atomic E-state index is 0.215. The molecule has 0 amide bonds. The largest absolute Gasteiger partial charge is 0.490 e. The van der Waals surface area contributed by atoms with Gasteiger partial charge in [-0.15, -0.1) is 0 Å². The van der Waals surface area contributed by atoms with Gasteiger partial charge >= 0.3 is 0 Å². The summed E-state index contributed by atoms with van der Waals surface area (Å²) in [5, 5.41) is 3.62. The van der Waals surface area contributed by atoms with Crippen molar-refractivity contribution in [1.82, 2.24) is 5.32 Å². The van der Waals surface area contributed by atoms with Crippen LogP contribution in [0.25, 0.3) is 0 Å². The fourth-order valence-corrected chi connectivity index (χ4v) is 2.92. The molecular formula is C17H27NO. The number of benzene rings is 1. The van der Waals surface area contributed by atoms with E-state index in [4.69, 9.17) is 4.74 Å². The summed E-state index contributed by atoms with van der Waals surface area (Å²) in [6, 6.07) is 7.04. The predicted molar refractivity (Wildman–Crippen MR) is 80.8 cm³/mol. The summed E-state index contributed by atoms with van der Waals surface area (Å²) in [5.41, 5.74) is 2.76. The minimum Gasteiger partial charge on any atom is -0.490 e. The van der Waals surface area contributed by atoms with Gasteiger partial charge in [-0.1, -0.05) is 26.8 Å². The molecule has 1 saturated carbocycles. The third-order valence-electron chi connectivity index (χ3n) is 4.29. The van der Waals surface area contributed by atoms with Crippen LogP contribution in [0, 0.1) is 19.3 Å². The Balaban J connectivity index is 1.98. The first kappa shape index (κ1) is 14.4. The first-order chi connectivity index (χ1) is 8.93. The SMILES string of the molecule is CCCNC1CC(Oc2cc(C)cc(C)c2)C1(C)C. The lowest BCUT2D eigenvalue weighted by atomic mass is 9.64. The minimum absolute atomic E-state index is 0.215. The van der Waals surface area contributed by atoms with Crippen LogP contribution in [-0.2, 0) is 0 Å². The van der Waals surface area contributed by atoms with Crippen molar-refractivity contribution < 1.29 is 4.74 Å². The molecule has 1 fully saturated rings. The molecule has 19 heavy (non-hydrogen) atoms. The zero-order valence-electron chi connectivity index (χ0n) is 12.9. The van der Waals surface area contributed by atoms with Crippen LogP contribution in [-0.4, -0.2) is 18.7 Å². The molecular weight excluding hydrogens is 234 g/mol. The van der Waals surface area contributed by atoms with Gasteiger partial charge in [0.15, 0.2) is 0 Å². The Morgan fingerprint density at radius 3 is 2.37 bits per heavy atom. The zero-order valence-corrected chi connectivity index (χ0v) is 12.9. The van der Waals surface area contributed by atoms with E-state index >= 15 is 0 Å². The summed E-state index contributed by atoms with van der Waals surface area (Å²) < 4.78 is 6.20. The van der Waals surface area contributed by atoms with Crippen molar-refractivity contribution in [3.8, 4) is 5.75 Å². The summed E-state index contributed by atoms with van der Waals surface area (Å²) in [6.07, 6.45) is 2.62. The number of aryl methyl sites for hydroxylation is 2. The van der Waals surface area contributed by atoms with Crippen molar-refractivity contribution in [2.45, 2.75) is 59.6 Å². The number of hydrogen-bond acceptors (Lipinski definition) is 2. The van der Waals surface area contributed by atoms with E-state index in [9.17, 15) is 0 Å². The molecule has 1 aromatic rings. The fraction of sp³-hybridized carbons (Fsp3) is 0.647. The molecule has 0 saturated heterocycles. The van der Waals surface area contributed by atoms with E-state index < -0.39 is 0 Å². The number of hydrogen-bond donors (Lipinski definition) is 1. The van der Waals surface area contributed by atoms with E-state index in [2.05, 4.69) is 58.1 Å². The van der Waals surface area contributed by atoms with Crippen molar-refractivity contribution in [2.24, 2.45) is 5.41 Å². The van der Waals surface area contributed by atoms with Crippen molar-refractivity contribution in [3.63, 3.8) is 0 Å². The second-order valence-electron chi connectivity index (χ2n) is 6.49. The van der Waals surface area contributed by atoms with E-state index in [-0.39, 0.29) is 5.41 Å². The van der Waals surface area contributed by atoms with Crippen LogP contribution >= 0.6 is 0 Å². The highest BCUT2D eigenvalue weighted by Crippen LogP contribution is 2.43. The van der Waals surface area contributed by atoms with Crippen molar-refractivity contribution in [3.05, 3.63) is 29.3 Å². The monoisotopic (exact) mass is 261 g/mol. The molecule has 1 N–H and O–H groups in total. The Labute approximate surface area is 117 Å². The molecule has 2 heteroatoms. The molecule has 1 aliphatic carbocycles. The third-order valence-corrected chi connectivity index (χ3v) is 4.29. The van der Waals surface area contributed by atoms with Gasteiger partial charge in [-0.05, 0) is 50.1 Å². The predicted octanol–water partition coefficient (Wildman–Crippen LogP) is 3.85. The molecule has 2 unspecified atom stereocenters. The van der Waals surface area contributed by atoms with Gasteiger partial charge < -0.3 is 10.1 Å². The Morgan fingerprint density at radius 1 is 1.21 bits per heavy atom. The Kier molecular flexibility index (Phi) is 4.19. The van der Waals surface area contributed by atoms with Crippen molar-refractivity contribution >= 4 is 0 Å². The highest BCUT2D eigenvalue weighted by molar-refractivity contribution is 5.33. The lowest BCUT2D eigenvalue weighted by Gasteiger charge is -2.51. The van der Waals surface area contributed by atoms with Gasteiger partial charge in [0.05, 0.1) is 0 Å². The molecule has 0 aromatic heterocycles. The van der Waals surface area contributed by atoms with Gasteiger partial charge in [-0.25, -0.2) is 0 Å². The van der Waals surface area contributed by atoms with Gasteiger partial charge in [-0.2, -0.15) is 0 Å². The third kappa shape index (κ3) is 3.11. The Hall–Kier alpha value is -1.02. The number of rotatable bonds is 5. The number of ether oxygens (including phenoxy) is 1. The quantitative estimate of drug-likeness (QED) is 0.869. The molecule has 2 rings (SSSR count). The van der Waals surface area contributed by atoms with Crippen LogP contribution in [0.2, 0.25) is 0 Å². The summed E-state index contributed by atoms with van der Waals surface area (Å²) in [5.74, 6) is 1.02. The molecule has 0 radical (unpaired) electrons. The molecule has 2 nitrogen and oxygen atoms in total. The maximum absolute atomic E-state index is 6.20. The van der Waals surface area contributed by atoms with Gasteiger partial charge in [0.2, 0.25) is 0 Å². The highest BCUT2D eigenvalue weighted by atomic mass is 16.5. The molecule has 0 heterocycles. The lowest BCUT2D eigenvalue weighted by Crippen LogP contribution is -2.62. The second-order valence-corrected chi connectivity index (χ2v) is 6.49. The van der Waals surface area contributed by atoms with E-state index in [1.54, 1.807) is 0 Å². The Morgan fingerprint density at radius 2 is 1.84 bits per heavy atom. The van der Waals surface area contributed by atoms with Gasteiger partial charge in [0, 0.05) is 17.9 Å². The summed E-state index contributed by atoms with van der Waals surface area (Å²) in [7, 11) is 0. The first-order valence-electron chi connectivity index (χ1n) is 7.42. The van der Waals surface area contributed by atoms with E-state index in [1.165, 1.54) is 17.5 Å². The van der Waals surface area contributed by atoms with E-state index in [0.717, 1.165) is 18.7 Å². The highest BCUT2D eigenvalue weighted by Gasteiger charge is 2.49. The standard InChI is InChI=1S/C17H27NO/c1-6-7-18-15-11-16(17(15,4)5)19-14-9-12(2)8-13(3)10-14/h8-10,15-16,18H,6-7,11H2,1-5H3. The smallest absolute Gasteiger partial charge is 0.120 e. The molecule has 1 aromatic carbocycles. The maximum Gasteiger partial charge on any atom is 0.120 e. The fourth-order valence-electron chi connectivity index (χ4n) is 2.92. The lowest BCUT2D eigenvalue weighted by molar-refractivity contribution is -0.0546. The molecule has 0 aliphatic heterocycles. The molecule has 1 aliphatic rings. The van der Waals surface area contributed by atoms with Gasteiger partial charge in [0.25, 0.3) is 0 Å². The maximum atomic E-state index is 6.20. The van der Waals surface area contributed by atoms with Crippen LogP contribution in [0.5, 0.6) is 5.75 Å². The average Bonchev–Trinajstić information content (AvgIpc) is 2.31. The topological polar surface area (TPSA) is 21.3 Å². The van der Waals surface area contributed by atoms with Crippen LogP contribution in [0.4, 0.5) is 0 Å². The summed E-state index contributed by atoms with van der Waals surface area (Å²) in [4.78, 5) is 0. The van der Waals surface area contributed by atoms with Crippen molar-refractivity contribution in [1.29, 1.82) is 0 Å². The molecule has 0 bridgehead atoms. The van der Waals surface area contributed by atoms with Crippen molar-refractivity contribution in [2.75, 3.05) is 6.54 Å². The van der Waals surface area contributed by atoms with Gasteiger partial charge in [0.1, 0.15) is 11.9 Å². The van der Waals surface area contributed by atoms with Crippen LogP contribution in [0.3, 0.4) is 0 Å². The van der Waals surface area contributed by atoms with Crippen LogP contribution in [0.15, 0.2) is 18.2 Å². The molecule has 106 valence electrons. The van der Waals surface area contributed by atoms with E-state index in [1.807, 2.05) is 0 Å². The Bertz CT molecular complexity index is 419. The van der Waals surface area contributed by atoms with Gasteiger partial charge in [-0.3, -0.25) is 0 Å². The van der Waals surface area contributed by atoms with Crippen LogP contribution < -0.4 is 10.1 Å². The normalized spacial score (nSPS) is 24.9. The molecule has 0 spiro atoms. The zero-order chi connectivity index (χ0) is 14.0. The second kappa shape index (κ2) is 5.54. The number of nitrogens with one attached hydrogen (secondary N) is 1. The van der Waals surface area contributed by atoms with Crippen LogP contribution in [0.1, 0.15) is 44.7 Å². The summed E-state index contributed by atoms with van der Waals surface area (Å²) >= 11 is 0. The molecule has 2 atom stereocenters. The van der Waals surface area contributed by atoms with E-state index in [0.29, 0.717) is 12.1 Å².